The van der Waals surface area contributed by atoms with E-state index in [1.165, 1.54) is 64.2 Å². The zero-order valence-corrected chi connectivity index (χ0v) is 12.2. The highest BCUT2D eigenvalue weighted by Gasteiger charge is 2.06. The second kappa shape index (κ2) is 12.8. The van der Waals surface area contributed by atoms with Crippen molar-refractivity contribution in [3.8, 4) is 0 Å². The van der Waals surface area contributed by atoms with Crippen molar-refractivity contribution in [2.24, 2.45) is 0 Å². The fourth-order valence-corrected chi connectivity index (χ4v) is 3.02. The summed E-state index contributed by atoms with van der Waals surface area (Å²) in [5.41, 5.74) is 0. The molecule has 0 radical (unpaired) electrons. The lowest BCUT2D eigenvalue weighted by Crippen LogP contribution is -2.00. The highest BCUT2D eigenvalue weighted by molar-refractivity contribution is 8.68. The second-order valence-corrected chi connectivity index (χ2v) is 5.94. The highest BCUT2D eigenvalue weighted by atomic mass is 33.1. The molecule has 0 bridgehead atoms. The van der Waals surface area contributed by atoms with Crippen LogP contribution in [0.2, 0.25) is 0 Å². The van der Waals surface area contributed by atoms with Crippen LogP contribution in [0.5, 0.6) is 0 Å². The molecule has 0 aromatic carbocycles. The molecule has 0 rings (SSSR count). The van der Waals surface area contributed by atoms with Gasteiger partial charge in [-0.05, 0) is 12.8 Å². The molecule has 92 valence electrons. The summed E-state index contributed by atoms with van der Waals surface area (Å²) in [6.07, 6.45) is 13.9. The van der Waals surface area contributed by atoms with Gasteiger partial charge in [-0.3, -0.25) is 0 Å². The van der Waals surface area contributed by atoms with Gasteiger partial charge in [0.05, 0.1) is 0 Å². The Kier molecular flexibility index (Phi) is 13.4. The van der Waals surface area contributed by atoms with E-state index in [9.17, 15) is 0 Å². The maximum Gasteiger partial charge on any atom is 0.0149 e. The lowest BCUT2D eigenvalue weighted by Gasteiger charge is -2.12. The maximum absolute atomic E-state index is 4.38. The van der Waals surface area contributed by atoms with Crippen molar-refractivity contribution in [1.29, 1.82) is 0 Å². The van der Waals surface area contributed by atoms with Crippen LogP contribution in [-0.4, -0.2) is 5.25 Å². The lowest BCUT2D eigenvalue weighted by molar-refractivity contribution is 0.565. The Hall–Kier alpha value is 0.700. The van der Waals surface area contributed by atoms with Crippen LogP contribution in [0, 0.1) is 0 Å². The normalized spacial score (nSPS) is 11.2. The van der Waals surface area contributed by atoms with E-state index in [1.807, 2.05) is 0 Å². The molecule has 0 aliphatic rings. The third-order valence-corrected chi connectivity index (χ3v) is 4.57. The molecule has 0 heterocycles. The van der Waals surface area contributed by atoms with Gasteiger partial charge in [0, 0.05) is 5.25 Å². The van der Waals surface area contributed by atoms with Crippen LogP contribution < -0.4 is 0 Å². The van der Waals surface area contributed by atoms with Crippen LogP contribution in [0.3, 0.4) is 0 Å². The minimum atomic E-state index is 0.807. The van der Waals surface area contributed by atoms with E-state index in [2.05, 4.69) is 25.5 Å². The first-order valence-electron chi connectivity index (χ1n) is 6.65. The fraction of sp³-hybridized carbons (Fsp3) is 1.00. The highest BCUT2D eigenvalue weighted by Crippen LogP contribution is 2.26. The maximum atomic E-state index is 4.38. The molecule has 0 fully saturated rings. The fourth-order valence-electron chi connectivity index (χ4n) is 1.85. The molecule has 2 heteroatoms. The first-order valence-corrected chi connectivity index (χ1v) is 8.58. The first kappa shape index (κ1) is 15.7. The zero-order chi connectivity index (χ0) is 11.4. The molecular weight excluding hydrogens is 220 g/mol. The third kappa shape index (κ3) is 11.0. The Bertz CT molecular complexity index is 103. The molecule has 0 amide bonds. The molecule has 0 N–H and O–H groups in total. The topological polar surface area (TPSA) is 0 Å². The van der Waals surface area contributed by atoms with E-state index >= 15 is 0 Å². The van der Waals surface area contributed by atoms with Crippen molar-refractivity contribution in [1.82, 2.24) is 0 Å². The number of hydrogen-bond acceptors (Lipinski definition) is 2. The van der Waals surface area contributed by atoms with Crippen molar-refractivity contribution >= 4 is 22.5 Å². The number of hydrogen-bond donors (Lipinski definition) is 1. The van der Waals surface area contributed by atoms with Gasteiger partial charge in [-0.2, -0.15) is 0 Å². The quantitative estimate of drug-likeness (QED) is 0.271. The van der Waals surface area contributed by atoms with E-state index in [0.717, 1.165) is 5.25 Å². The minimum Gasteiger partial charge on any atom is -0.111 e. The van der Waals surface area contributed by atoms with Gasteiger partial charge in [-0.25, -0.2) is 0 Å². The van der Waals surface area contributed by atoms with E-state index < -0.39 is 0 Å². The van der Waals surface area contributed by atoms with Crippen molar-refractivity contribution < 1.29 is 0 Å². The van der Waals surface area contributed by atoms with Gasteiger partial charge in [0.2, 0.25) is 0 Å². The van der Waals surface area contributed by atoms with Crippen LogP contribution in [0.25, 0.3) is 0 Å². The average molecular weight is 249 g/mol. The van der Waals surface area contributed by atoms with Gasteiger partial charge < -0.3 is 0 Å². The third-order valence-electron chi connectivity index (χ3n) is 2.91. The summed E-state index contributed by atoms with van der Waals surface area (Å²) >= 11 is 4.38. The standard InChI is InChI=1S/C13H28S2/c1-3-5-7-9-11-13(15-14)12-10-8-6-4-2/h13-14H,3-12H2,1-2H3. The van der Waals surface area contributed by atoms with E-state index in [1.54, 1.807) is 10.8 Å². The summed E-state index contributed by atoms with van der Waals surface area (Å²) in [5, 5.41) is 0.807. The Balaban J connectivity index is 3.29. The predicted octanol–water partition coefficient (Wildman–Crippen LogP) is 5.87. The van der Waals surface area contributed by atoms with E-state index in [-0.39, 0.29) is 0 Å². The minimum absolute atomic E-state index is 0.807. The molecule has 0 aliphatic carbocycles. The first-order chi connectivity index (χ1) is 7.35. The van der Waals surface area contributed by atoms with Crippen LogP contribution >= 0.6 is 22.5 Å². The van der Waals surface area contributed by atoms with Crippen molar-refractivity contribution in [2.45, 2.75) is 83.3 Å². The lowest BCUT2D eigenvalue weighted by atomic mass is 10.1. The molecule has 0 aromatic rings. The zero-order valence-electron chi connectivity index (χ0n) is 10.5. The molecular formula is C13H28S2. The van der Waals surface area contributed by atoms with E-state index in [0.29, 0.717) is 0 Å². The summed E-state index contributed by atoms with van der Waals surface area (Å²) < 4.78 is 0. The van der Waals surface area contributed by atoms with Gasteiger partial charge in [-0.1, -0.05) is 76.0 Å². The predicted molar refractivity (Wildman–Crippen MR) is 77.9 cm³/mol. The van der Waals surface area contributed by atoms with Gasteiger partial charge >= 0.3 is 0 Å². The monoisotopic (exact) mass is 248 g/mol. The molecule has 0 atom stereocenters. The van der Waals surface area contributed by atoms with E-state index in [4.69, 9.17) is 0 Å². The smallest absolute Gasteiger partial charge is 0.0149 e. The van der Waals surface area contributed by atoms with Gasteiger partial charge in [0.15, 0.2) is 0 Å². The SMILES string of the molecule is CCCCCCC(CCCCCC)SS. The molecule has 0 unspecified atom stereocenters. The number of rotatable bonds is 11. The number of unbranched alkanes of at least 4 members (excludes halogenated alkanes) is 6. The Morgan fingerprint density at radius 3 is 1.60 bits per heavy atom. The van der Waals surface area contributed by atoms with Crippen molar-refractivity contribution in [2.75, 3.05) is 0 Å². The summed E-state index contributed by atoms with van der Waals surface area (Å²) in [6, 6.07) is 0. The largest absolute Gasteiger partial charge is 0.111 e. The van der Waals surface area contributed by atoms with Crippen molar-refractivity contribution in [3.63, 3.8) is 0 Å². The van der Waals surface area contributed by atoms with Gasteiger partial charge in [0.25, 0.3) is 0 Å². The summed E-state index contributed by atoms with van der Waals surface area (Å²) in [6.45, 7) is 4.55. The molecule has 0 saturated carbocycles. The molecule has 0 spiro atoms. The van der Waals surface area contributed by atoms with Crippen LogP contribution in [0.1, 0.15) is 78.1 Å². The molecule has 0 nitrogen and oxygen atoms in total. The summed E-state index contributed by atoms with van der Waals surface area (Å²) in [4.78, 5) is 0. The summed E-state index contributed by atoms with van der Waals surface area (Å²) in [5.74, 6) is 0. The second-order valence-electron chi connectivity index (χ2n) is 4.43. The van der Waals surface area contributed by atoms with Crippen molar-refractivity contribution in [3.05, 3.63) is 0 Å². The Labute approximate surface area is 106 Å². The summed E-state index contributed by atoms with van der Waals surface area (Å²) in [7, 11) is 1.78. The average Bonchev–Trinajstić information content (AvgIpc) is 2.27. The Morgan fingerprint density at radius 1 is 0.800 bits per heavy atom. The number of thiol groups is 1. The van der Waals surface area contributed by atoms with Crippen LogP contribution in [0.4, 0.5) is 0 Å². The molecule has 0 aliphatic heterocycles. The molecule has 0 saturated heterocycles. The molecule has 15 heavy (non-hydrogen) atoms. The van der Waals surface area contributed by atoms with Gasteiger partial charge in [0.1, 0.15) is 0 Å². The van der Waals surface area contributed by atoms with Gasteiger partial charge in [-0.15, -0.1) is 11.7 Å². The Morgan fingerprint density at radius 2 is 1.27 bits per heavy atom. The van der Waals surface area contributed by atoms with Crippen LogP contribution in [0.15, 0.2) is 0 Å². The molecule has 0 aromatic heterocycles. The van der Waals surface area contributed by atoms with Crippen LogP contribution in [-0.2, 0) is 0 Å².